The lowest BCUT2D eigenvalue weighted by atomic mass is 10.2. The lowest BCUT2D eigenvalue weighted by Crippen LogP contribution is -2.31. The number of rotatable bonds is 1. The maximum atomic E-state index is 11.6. The van der Waals surface area contributed by atoms with Crippen LogP contribution in [-0.2, 0) is 4.74 Å². The van der Waals surface area contributed by atoms with E-state index in [0.717, 1.165) is 22.8 Å². The molecule has 1 aromatic heterocycles. The Kier molecular flexibility index (Phi) is 3.25. The molecule has 2 rings (SSSR count). The van der Waals surface area contributed by atoms with Crippen LogP contribution in [0.1, 0.15) is 25.5 Å². The second-order valence-corrected chi connectivity index (χ2v) is 4.65. The van der Waals surface area contributed by atoms with Crippen LogP contribution in [0, 0.1) is 3.57 Å². The number of nitrogens with two attached hydrogens (primary N) is 1. The fraction of sp³-hybridized carbons (Fsp3) is 0.556. The third kappa shape index (κ3) is 2.31. The van der Waals surface area contributed by atoms with E-state index < -0.39 is 0 Å². The van der Waals surface area contributed by atoms with Crippen LogP contribution in [-0.4, -0.2) is 16.2 Å². The number of aromatic nitrogens is 2. The van der Waals surface area contributed by atoms with Crippen LogP contribution in [0.5, 0.6) is 0 Å². The fourth-order valence-electron chi connectivity index (χ4n) is 1.61. The maximum Gasteiger partial charge on any atom is 0.351 e. The summed E-state index contributed by atoms with van der Waals surface area (Å²) in [7, 11) is 0. The lowest BCUT2D eigenvalue weighted by Gasteiger charge is -2.24. The van der Waals surface area contributed by atoms with Crippen LogP contribution in [0.25, 0.3) is 0 Å². The van der Waals surface area contributed by atoms with Gasteiger partial charge in [0.2, 0.25) is 0 Å². The molecule has 2 heterocycles. The van der Waals surface area contributed by atoms with Crippen molar-refractivity contribution in [2.75, 3.05) is 12.3 Å². The Morgan fingerprint density at radius 2 is 2.40 bits per heavy atom. The minimum Gasteiger partial charge on any atom is -0.383 e. The predicted molar refractivity (Wildman–Crippen MR) is 64.5 cm³/mol. The molecular formula is C9H12IN3O2. The summed E-state index contributed by atoms with van der Waals surface area (Å²) in [4.78, 5) is 15.3. The molecule has 0 bridgehead atoms. The summed E-state index contributed by atoms with van der Waals surface area (Å²) in [6.45, 7) is 0.706. The topological polar surface area (TPSA) is 70.1 Å². The van der Waals surface area contributed by atoms with Gasteiger partial charge in [-0.25, -0.2) is 4.79 Å². The van der Waals surface area contributed by atoms with Gasteiger partial charge in [-0.05, 0) is 41.9 Å². The molecule has 0 aromatic carbocycles. The number of nitrogens with zero attached hydrogens (tertiary/aromatic N) is 2. The third-order valence-corrected chi connectivity index (χ3v) is 3.23. The van der Waals surface area contributed by atoms with Gasteiger partial charge < -0.3 is 10.5 Å². The van der Waals surface area contributed by atoms with Gasteiger partial charge in [0, 0.05) is 12.8 Å². The Morgan fingerprint density at radius 1 is 1.60 bits per heavy atom. The van der Waals surface area contributed by atoms with Gasteiger partial charge in [-0.1, -0.05) is 0 Å². The zero-order valence-electron chi connectivity index (χ0n) is 8.15. The Hall–Kier alpha value is -0.630. The third-order valence-electron chi connectivity index (χ3n) is 2.40. The highest BCUT2D eigenvalue weighted by Crippen LogP contribution is 2.21. The second kappa shape index (κ2) is 4.48. The first-order valence-corrected chi connectivity index (χ1v) is 5.92. The highest BCUT2D eigenvalue weighted by atomic mass is 127. The molecule has 0 unspecified atom stereocenters. The van der Waals surface area contributed by atoms with Gasteiger partial charge in [-0.2, -0.15) is 4.98 Å². The van der Waals surface area contributed by atoms with Crippen LogP contribution >= 0.6 is 22.6 Å². The summed E-state index contributed by atoms with van der Waals surface area (Å²) in [6, 6.07) is 0. The van der Waals surface area contributed by atoms with Crippen molar-refractivity contribution in [3.05, 3.63) is 20.3 Å². The summed E-state index contributed by atoms with van der Waals surface area (Å²) in [5.41, 5.74) is 5.21. The maximum absolute atomic E-state index is 11.6. The molecule has 5 nitrogen and oxygen atoms in total. The van der Waals surface area contributed by atoms with E-state index in [0.29, 0.717) is 6.61 Å². The number of halogens is 1. The van der Waals surface area contributed by atoms with Crippen molar-refractivity contribution < 1.29 is 4.74 Å². The quantitative estimate of drug-likeness (QED) is 0.787. The number of hydrogen-bond donors (Lipinski definition) is 1. The van der Waals surface area contributed by atoms with Gasteiger partial charge in [-0.15, -0.1) is 0 Å². The van der Waals surface area contributed by atoms with Crippen LogP contribution in [0.3, 0.4) is 0 Å². The highest BCUT2D eigenvalue weighted by molar-refractivity contribution is 14.1. The first kappa shape index (κ1) is 10.9. The molecule has 1 saturated heterocycles. The smallest absolute Gasteiger partial charge is 0.351 e. The van der Waals surface area contributed by atoms with Gasteiger partial charge >= 0.3 is 5.69 Å². The molecule has 1 atom stereocenters. The molecule has 15 heavy (non-hydrogen) atoms. The zero-order valence-corrected chi connectivity index (χ0v) is 10.3. The van der Waals surface area contributed by atoms with Crippen LogP contribution in [0.2, 0.25) is 0 Å². The van der Waals surface area contributed by atoms with Gasteiger partial charge in [0.05, 0.1) is 3.57 Å². The molecule has 82 valence electrons. The number of nitrogen functional groups attached to an aromatic ring is 1. The Labute approximate surface area is 101 Å². The van der Waals surface area contributed by atoms with Crippen molar-refractivity contribution in [1.29, 1.82) is 0 Å². The van der Waals surface area contributed by atoms with Gasteiger partial charge in [-0.3, -0.25) is 4.57 Å². The van der Waals surface area contributed by atoms with Crippen molar-refractivity contribution in [3.63, 3.8) is 0 Å². The summed E-state index contributed by atoms with van der Waals surface area (Å²) in [6.07, 6.45) is 4.54. The van der Waals surface area contributed by atoms with Crippen molar-refractivity contribution >= 4 is 28.4 Å². The Balaban J connectivity index is 2.34. The molecule has 1 aliphatic rings. The molecular weight excluding hydrogens is 309 g/mol. The van der Waals surface area contributed by atoms with Crippen LogP contribution in [0.15, 0.2) is 11.0 Å². The molecule has 1 fully saturated rings. The molecule has 0 radical (unpaired) electrons. The molecule has 6 heteroatoms. The fourth-order valence-corrected chi connectivity index (χ4v) is 2.03. The largest absolute Gasteiger partial charge is 0.383 e. The second-order valence-electron chi connectivity index (χ2n) is 3.49. The SMILES string of the molecule is Nc1nc(=O)n([C@@H]2CCCCO2)cc1I. The van der Waals surface area contributed by atoms with E-state index in [2.05, 4.69) is 27.6 Å². The molecule has 0 saturated carbocycles. The summed E-state index contributed by atoms with van der Waals surface area (Å²) >= 11 is 2.06. The molecule has 0 amide bonds. The molecule has 0 spiro atoms. The Bertz CT molecular complexity index is 412. The first-order chi connectivity index (χ1) is 7.18. The minimum atomic E-state index is -0.334. The molecule has 1 aliphatic heterocycles. The predicted octanol–water partition coefficient (Wildman–Crippen LogP) is 1.13. The monoisotopic (exact) mass is 321 g/mol. The normalized spacial score (nSPS) is 21.5. The van der Waals surface area contributed by atoms with E-state index in [1.807, 2.05) is 0 Å². The Morgan fingerprint density at radius 3 is 3.07 bits per heavy atom. The zero-order chi connectivity index (χ0) is 10.8. The number of hydrogen-bond acceptors (Lipinski definition) is 4. The van der Waals surface area contributed by atoms with E-state index in [9.17, 15) is 4.79 Å². The van der Waals surface area contributed by atoms with Crippen molar-refractivity contribution in [2.24, 2.45) is 0 Å². The van der Waals surface area contributed by atoms with Gasteiger partial charge in [0.25, 0.3) is 0 Å². The molecule has 2 N–H and O–H groups in total. The van der Waals surface area contributed by atoms with Crippen molar-refractivity contribution in [3.8, 4) is 0 Å². The molecule has 0 aliphatic carbocycles. The highest BCUT2D eigenvalue weighted by Gasteiger charge is 2.17. The van der Waals surface area contributed by atoms with Gasteiger partial charge in [0.1, 0.15) is 12.0 Å². The molecule has 1 aromatic rings. The number of ether oxygens (including phenoxy) is 1. The van der Waals surface area contributed by atoms with Crippen LogP contribution in [0.4, 0.5) is 5.82 Å². The summed E-state index contributed by atoms with van der Waals surface area (Å²) in [5.74, 6) is 0.285. The summed E-state index contributed by atoms with van der Waals surface area (Å²) in [5, 5.41) is 0. The van der Waals surface area contributed by atoms with Crippen molar-refractivity contribution in [2.45, 2.75) is 25.5 Å². The average Bonchev–Trinajstić information content (AvgIpc) is 2.25. The van der Waals surface area contributed by atoms with Crippen LogP contribution < -0.4 is 11.4 Å². The van der Waals surface area contributed by atoms with Crippen molar-refractivity contribution in [1.82, 2.24) is 9.55 Å². The van der Waals surface area contributed by atoms with E-state index in [1.165, 1.54) is 4.57 Å². The van der Waals surface area contributed by atoms with E-state index in [1.54, 1.807) is 6.20 Å². The van der Waals surface area contributed by atoms with E-state index >= 15 is 0 Å². The first-order valence-electron chi connectivity index (χ1n) is 4.84. The number of anilines is 1. The van der Waals surface area contributed by atoms with Gasteiger partial charge in [0.15, 0.2) is 0 Å². The lowest BCUT2D eigenvalue weighted by molar-refractivity contribution is -0.0349. The summed E-state index contributed by atoms with van der Waals surface area (Å²) < 4.78 is 7.82. The van der Waals surface area contributed by atoms with E-state index in [-0.39, 0.29) is 17.7 Å². The van der Waals surface area contributed by atoms with E-state index in [4.69, 9.17) is 10.5 Å². The average molecular weight is 321 g/mol. The standard InChI is InChI=1S/C9H12IN3O2/c10-6-5-13(9(14)12-8(6)11)7-3-1-2-4-15-7/h5,7H,1-4H2,(H2,11,12,14)/t7-/m0/s1. The minimum absolute atomic E-state index is 0.173.